The summed E-state index contributed by atoms with van der Waals surface area (Å²) in [6.45, 7) is 6.26. The molecule has 140 valence electrons. The van der Waals surface area contributed by atoms with Crippen molar-refractivity contribution in [1.82, 2.24) is 9.78 Å². The Bertz CT molecular complexity index is 1010. The number of aryl methyl sites for hydroxylation is 1. The summed E-state index contributed by atoms with van der Waals surface area (Å²) in [5.41, 5.74) is 4.09. The van der Waals surface area contributed by atoms with Gasteiger partial charge >= 0.3 is 0 Å². The van der Waals surface area contributed by atoms with Crippen molar-refractivity contribution in [1.29, 1.82) is 0 Å². The molecular weight excluding hydrogens is 394 g/mol. The highest BCUT2D eigenvalue weighted by Crippen LogP contribution is 2.27. The van der Waals surface area contributed by atoms with E-state index < -0.39 is 0 Å². The normalized spacial score (nSPS) is 11.0. The largest absolute Gasteiger partial charge is 0.325 e. The molecule has 0 fully saturated rings. The van der Waals surface area contributed by atoms with E-state index in [-0.39, 0.29) is 5.91 Å². The Labute approximate surface area is 172 Å². The molecule has 1 heterocycles. The van der Waals surface area contributed by atoms with E-state index in [0.29, 0.717) is 15.6 Å². The van der Waals surface area contributed by atoms with Crippen LogP contribution in [-0.2, 0) is 4.79 Å². The van der Waals surface area contributed by atoms with Crippen LogP contribution in [0.15, 0.2) is 52.9 Å². The van der Waals surface area contributed by atoms with Gasteiger partial charge in [-0.25, -0.2) is 4.68 Å². The molecule has 1 amide bonds. The minimum Gasteiger partial charge on any atom is -0.325 e. The van der Waals surface area contributed by atoms with E-state index in [4.69, 9.17) is 12.2 Å². The Kier molecular flexibility index (Phi) is 6.46. The van der Waals surface area contributed by atoms with Crippen LogP contribution in [0, 0.1) is 10.9 Å². The number of nitrogens with one attached hydrogen (secondary N) is 1. The number of rotatable bonds is 6. The van der Waals surface area contributed by atoms with Crippen LogP contribution in [0.5, 0.6) is 0 Å². The second-order valence-corrected chi connectivity index (χ2v) is 9.26. The van der Waals surface area contributed by atoms with Gasteiger partial charge in [0.2, 0.25) is 5.91 Å². The second-order valence-electron chi connectivity index (χ2n) is 6.41. The van der Waals surface area contributed by atoms with E-state index in [0.717, 1.165) is 26.8 Å². The van der Waals surface area contributed by atoms with Crippen molar-refractivity contribution in [3.05, 3.63) is 63.6 Å². The molecule has 0 radical (unpaired) electrons. The molecule has 0 spiro atoms. The number of benzene rings is 2. The first-order valence-electron chi connectivity index (χ1n) is 8.63. The average molecular weight is 416 g/mol. The summed E-state index contributed by atoms with van der Waals surface area (Å²) in [6.07, 6.45) is 0. The van der Waals surface area contributed by atoms with Crippen LogP contribution in [0.2, 0.25) is 0 Å². The fraction of sp³-hybridized carbons (Fsp3) is 0.250. The van der Waals surface area contributed by atoms with Crippen LogP contribution in [0.3, 0.4) is 0 Å². The van der Waals surface area contributed by atoms with Crippen LogP contribution in [0.1, 0.15) is 30.9 Å². The molecule has 0 saturated heterocycles. The molecule has 3 aromatic rings. The third-order valence-electron chi connectivity index (χ3n) is 4.06. The minimum absolute atomic E-state index is 0.0448. The van der Waals surface area contributed by atoms with Crippen LogP contribution in [0.25, 0.3) is 5.69 Å². The fourth-order valence-corrected chi connectivity index (χ4v) is 4.85. The lowest BCUT2D eigenvalue weighted by Gasteiger charge is -2.13. The maximum atomic E-state index is 12.4. The zero-order chi connectivity index (χ0) is 19.4. The smallest absolute Gasteiger partial charge is 0.234 e. The summed E-state index contributed by atoms with van der Waals surface area (Å²) >= 11 is 8.28. The molecule has 2 aromatic carbocycles. The van der Waals surface area contributed by atoms with Gasteiger partial charge in [-0.3, -0.25) is 4.79 Å². The fourth-order valence-electron chi connectivity index (χ4n) is 2.70. The molecule has 7 heteroatoms. The highest BCUT2D eigenvalue weighted by Gasteiger charge is 2.12. The Morgan fingerprint density at radius 2 is 1.93 bits per heavy atom. The van der Waals surface area contributed by atoms with E-state index in [1.54, 1.807) is 4.68 Å². The third kappa shape index (κ3) is 4.86. The predicted molar refractivity (Wildman–Crippen MR) is 117 cm³/mol. The number of hydrogen-bond acceptors (Lipinski definition) is 5. The Hall–Kier alpha value is -1.96. The number of amides is 1. The molecule has 0 unspecified atom stereocenters. The predicted octanol–water partition coefficient (Wildman–Crippen LogP) is 5.83. The summed E-state index contributed by atoms with van der Waals surface area (Å²) in [4.78, 5) is 12.4. The highest BCUT2D eigenvalue weighted by atomic mass is 32.2. The van der Waals surface area contributed by atoms with Crippen molar-refractivity contribution in [3.8, 4) is 5.69 Å². The molecule has 0 atom stereocenters. The van der Waals surface area contributed by atoms with Gasteiger partial charge in [-0.2, -0.15) is 0 Å². The highest BCUT2D eigenvalue weighted by molar-refractivity contribution is 8.01. The second kappa shape index (κ2) is 8.82. The Morgan fingerprint density at radius 3 is 2.67 bits per heavy atom. The van der Waals surface area contributed by atoms with Crippen LogP contribution in [-0.4, -0.2) is 21.4 Å². The summed E-state index contributed by atoms with van der Waals surface area (Å²) in [6, 6.07) is 15.9. The molecule has 3 rings (SSSR count). The number of thioether (sulfide) groups is 1. The molecule has 0 aliphatic heterocycles. The van der Waals surface area contributed by atoms with Crippen molar-refractivity contribution < 1.29 is 4.79 Å². The molecule has 4 nitrogen and oxygen atoms in total. The maximum absolute atomic E-state index is 12.4. The molecule has 1 N–H and O–H groups in total. The number of hydrogen-bond donors (Lipinski definition) is 1. The van der Waals surface area contributed by atoms with Gasteiger partial charge in [-0.1, -0.05) is 73.3 Å². The average Bonchev–Trinajstić information content (AvgIpc) is 3.01. The van der Waals surface area contributed by atoms with Gasteiger partial charge in [0.1, 0.15) is 0 Å². The van der Waals surface area contributed by atoms with E-state index in [9.17, 15) is 4.79 Å². The van der Waals surface area contributed by atoms with Gasteiger partial charge in [0, 0.05) is 5.69 Å². The first-order valence-corrected chi connectivity index (χ1v) is 10.8. The number of aromatic nitrogens is 2. The summed E-state index contributed by atoms with van der Waals surface area (Å²) in [5.74, 6) is 0.600. The Morgan fingerprint density at radius 1 is 1.22 bits per heavy atom. The van der Waals surface area contributed by atoms with Crippen molar-refractivity contribution >= 4 is 46.9 Å². The standard InChI is InChI=1S/C20H21N3OS3/c1-13(2)15-9-5-6-10-16(15)21-18(24)12-26-19-22-23(20(25)27-19)17-11-7-4-8-14(17)3/h4-11,13H,12H2,1-3H3,(H,21,24). The lowest BCUT2D eigenvalue weighted by molar-refractivity contribution is -0.113. The van der Waals surface area contributed by atoms with Crippen molar-refractivity contribution in [2.45, 2.75) is 31.0 Å². The van der Waals surface area contributed by atoms with Gasteiger partial charge in [0.05, 0.1) is 11.4 Å². The molecule has 0 bridgehead atoms. The maximum Gasteiger partial charge on any atom is 0.234 e. The van der Waals surface area contributed by atoms with Crippen LogP contribution >= 0.6 is 35.3 Å². The third-order valence-corrected chi connectivity index (χ3v) is 6.42. The lowest BCUT2D eigenvalue weighted by atomic mass is 10.0. The van der Waals surface area contributed by atoms with E-state index >= 15 is 0 Å². The zero-order valence-electron chi connectivity index (χ0n) is 15.4. The van der Waals surface area contributed by atoms with Gasteiger partial charge < -0.3 is 5.32 Å². The first kappa shape index (κ1) is 19.8. The number of carbonyl (C=O) groups excluding carboxylic acids is 1. The monoisotopic (exact) mass is 415 g/mol. The quantitative estimate of drug-likeness (QED) is 0.407. The molecule has 1 aromatic heterocycles. The zero-order valence-corrected chi connectivity index (χ0v) is 17.9. The van der Waals surface area contributed by atoms with Crippen molar-refractivity contribution in [3.63, 3.8) is 0 Å². The number of para-hydroxylation sites is 2. The SMILES string of the molecule is Cc1ccccc1-n1nc(SCC(=O)Nc2ccccc2C(C)C)sc1=S. The minimum atomic E-state index is -0.0448. The topological polar surface area (TPSA) is 46.9 Å². The Balaban J connectivity index is 1.68. The summed E-state index contributed by atoms with van der Waals surface area (Å²) < 4.78 is 3.23. The van der Waals surface area contributed by atoms with Crippen molar-refractivity contribution in [2.75, 3.05) is 11.1 Å². The number of nitrogens with zero attached hydrogens (tertiary/aromatic N) is 2. The van der Waals surface area contributed by atoms with E-state index in [2.05, 4.69) is 24.3 Å². The van der Waals surface area contributed by atoms with Gasteiger partial charge in [-0.05, 0) is 48.3 Å². The number of carbonyl (C=O) groups is 1. The van der Waals surface area contributed by atoms with Crippen molar-refractivity contribution in [2.24, 2.45) is 0 Å². The van der Waals surface area contributed by atoms with E-state index in [1.165, 1.54) is 23.1 Å². The first-order chi connectivity index (χ1) is 13.0. The lowest BCUT2D eigenvalue weighted by Crippen LogP contribution is -2.15. The van der Waals surface area contributed by atoms with Gasteiger partial charge in [-0.15, -0.1) is 5.10 Å². The molecular formula is C20H21N3OS3. The van der Waals surface area contributed by atoms with Crippen LogP contribution in [0.4, 0.5) is 5.69 Å². The van der Waals surface area contributed by atoms with Gasteiger partial charge in [0.25, 0.3) is 0 Å². The molecule has 0 aliphatic rings. The summed E-state index contributed by atoms with van der Waals surface area (Å²) in [7, 11) is 0. The van der Waals surface area contributed by atoms with Gasteiger partial charge in [0.15, 0.2) is 8.29 Å². The molecule has 0 aliphatic carbocycles. The van der Waals surface area contributed by atoms with E-state index in [1.807, 2.05) is 55.5 Å². The molecule has 0 saturated carbocycles. The summed E-state index contributed by atoms with van der Waals surface area (Å²) in [5, 5.41) is 7.59. The molecule has 27 heavy (non-hydrogen) atoms. The van der Waals surface area contributed by atoms with Crippen LogP contribution < -0.4 is 5.32 Å². The number of anilines is 1.